The molecule has 0 radical (unpaired) electrons. The van der Waals surface area contributed by atoms with Gasteiger partial charge in [-0.05, 0) is 60.9 Å². The van der Waals surface area contributed by atoms with E-state index < -0.39 is 33.8 Å². The summed E-state index contributed by atoms with van der Waals surface area (Å²) in [6, 6.07) is 14.4. The van der Waals surface area contributed by atoms with E-state index >= 15 is 0 Å². The number of benzene rings is 3. The van der Waals surface area contributed by atoms with Gasteiger partial charge in [-0.25, -0.2) is 8.42 Å². The number of carboxylic acids is 1. The topological polar surface area (TPSA) is 83.9 Å². The first-order valence-electron chi connectivity index (χ1n) is 11.5. The molecular weight excluding hydrogens is 543 g/mol. The predicted molar refractivity (Wildman–Crippen MR) is 139 cm³/mol. The molecule has 1 atom stereocenters. The lowest BCUT2D eigenvalue weighted by Gasteiger charge is -2.35. The molecule has 1 aliphatic rings. The Morgan fingerprint density at radius 2 is 1.87 bits per heavy atom. The van der Waals surface area contributed by atoms with Gasteiger partial charge in [0.15, 0.2) is 0 Å². The number of aryl methyl sites for hydroxylation is 1. The largest absolute Gasteiger partial charge is 0.486 e. The van der Waals surface area contributed by atoms with E-state index in [-0.39, 0.29) is 46.3 Å². The second-order valence-corrected chi connectivity index (χ2v) is 11.1. The summed E-state index contributed by atoms with van der Waals surface area (Å²) in [6.07, 6.45) is -2.81. The molecule has 1 aliphatic heterocycles. The zero-order valence-corrected chi connectivity index (χ0v) is 21.6. The predicted octanol–water partition coefficient (Wildman–Crippen LogP) is 6.66. The molecule has 0 fully saturated rings. The van der Waals surface area contributed by atoms with E-state index in [9.17, 15) is 26.4 Å². The van der Waals surface area contributed by atoms with Gasteiger partial charge in [0.05, 0.1) is 22.7 Å². The number of nitrogens with zero attached hydrogens (tertiary/aromatic N) is 1. The molecule has 0 amide bonds. The summed E-state index contributed by atoms with van der Waals surface area (Å²) in [4.78, 5) is 11.1. The fourth-order valence-electron chi connectivity index (χ4n) is 4.13. The highest BCUT2D eigenvalue weighted by molar-refractivity contribution is 7.92. The Morgan fingerprint density at radius 3 is 2.55 bits per heavy atom. The van der Waals surface area contributed by atoms with Crippen molar-refractivity contribution in [3.63, 3.8) is 0 Å². The van der Waals surface area contributed by atoms with Crippen molar-refractivity contribution in [2.75, 3.05) is 10.8 Å². The van der Waals surface area contributed by atoms with Crippen molar-refractivity contribution in [2.24, 2.45) is 0 Å². The quantitative estimate of drug-likeness (QED) is 0.324. The molecule has 0 bridgehead atoms. The molecule has 38 heavy (non-hydrogen) atoms. The second kappa shape index (κ2) is 10.7. The van der Waals surface area contributed by atoms with Crippen molar-refractivity contribution in [3.05, 3.63) is 87.9 Å². The molecule has 0 aromatic heterocycles. The van der Waals surface area contributed by atoms with Gasteiger partial charge in [-0.3, -0.25) is 9.10 Å². The zero-order valence-electron chi connectivity index (χ0n) is 20.1. The number of halogens is 4. The van der Waals surface area contributed by atoms with Crippen LogP contribution in [0.5, 0.6) is 5.75 Å². The van der Waals surface area contributed by atoms with E-state index in [1.54, 1.807) is 25.1 Å². The van der Waals surface area contributed by atoms with E-state index in [2.05, 4.69) is 0 Å². The minimum absolute atomic E-state index is 0.0502. The van der Waals surface area contributed by atoms with Crippen LogP contribution >= 0.6 is 11.6 Å². The summed E-state index contributed by atoms with van der Waals surface area (Å²) in [5.41, 5.74) is 0.226. The molecule has 0 spiro atoms. The third kappa shape index (κ3) is 5.97. The molecule has 1 heterocycles. The van der Waals surface area contributed by atoms with E-state index in [4.69, 9.17) is 21.4 Å². The summed E-state index contributed by atoms with van der Waals surface area (Å²) < 4.78 is 74.8. The van der Waals surface area contributed by atoms with Gasteiger partial charge in [-0.1, -0.05) is 48.0 Å². The average molecular weight is 566 g/mol. The molecule has 0 unspecified atom stereocenters. The van der Waals surface area contributed by atoms with E-state index in [0.29, 0.717) is 5.56 Å². The Hall–Kier alpha value is -3.50. The number of fused-ring (bicyclic) bond motifs is 1. The Balaban J connectivity index is 1.76. The number of anilines is 1. The van der Waals surface area contributed by atoms with E-state index in [0.717, 1.165) is 15.9 Å². The van der Waals surface area contributed by atoms with Crippen LogP contribution in [0.1, 0.15) is 35.1 Å². The van der Waals surface area contributed by atoms with Crippen molar-refractivity contribution in [3.8, 4) is 5.75 Å². The van der Waals surface area contributed by atoms with E-state index in [1.165, 1.54) is 48.6 Å². The maximum Gasteiger partial charge on any atom is 0.417 e. The summed E-state index contributed by atoms with van der Waals surface area (Å²) >= 11 is 6.05. The van der Waals surface area contributed by atoms with Gasteiger partial charge in [-0.2, -0.15) is 13.2 Å². The van der Waals surface area contributed by atoms with Gasteiger partial charge in [0.1, 0.15) is 11.9 Å². The normalized spacial score (nSPS) is 15.8. The highest BCUT2D eigenvalue weighted by atomic mass is 35.5. The maximum atomic E-state index is 13.7. The molecule has 3 aromatic carbocycles. The van der Waals surface area contributed by atoms with Crippen molar-refractivity contribution in [1.29, 1.82) is 0 Å². The van der Waals surface area contributed by atoms with Crippen LogP contribution < -0.4 is 9.04 Å². The highest BCUT2D eigenvalue weighted by Crippen LogP contribution is 2.40. The Kier molecular flexibility index (Phi) is 7.75. The first kappa shape index (κ1) is 27.5. The highest BCUT2D eigenvalue weighted by Gasteiger charge is 2.35. The maximum absolute atomic E-state index is 13.7. The number of hydrogen-bond acceptors (Lipinski definition) is 4. The van der Waals surface area contributed by atoms with Gasteiger partial charge < -0.3 is 9.84 Å². The number of alkyl halides is 3. The van der Waals surface area contributed by atoms with Crippen molar-refractivity contribution in [1.82, 2.24) is 0 Å². The second-order valence-electron chi connectivity index (χ2n) is 8.78. The molecule has 200 valence electrons. The van der Waals surface area contributed by atoms with Crippen molar-refractivity contribution < 1.29 is 36.2 Å². The number of carboxylic acid groups (broad SMARTS) is 1. The van der Waals surface area contributed by atoms with Gasteiger partial charge in [0.25, 0.3) is 10.0 Å². The lowest BCUT2D eigenvalue weighted by molar-refractivity contribution is -0.138. The van der Waals surface area contributed by atoms with Crippen LogP contribution in [0.25, 0.3) is 12.2 Å². The van der Waals surface area contributed by atoms with Crippen LogP contribution in [0.3, 0.4) is 0 Å². The van der Waals surface area contributed by atoms with Crippen LogP contribution in [0, 0.1) is 6.92 Å². The molecule has 1 N–H and O–H groups in total. The SMILES string of the molecule is Cc1cccc(S(=O)(=O)N2C[C@H](CCC(=O)O)Oc3ccc(/C=C/c4c(Cl)cccc4C(F)(F)F)cc32)c1. The van der Waals surface area contributed by atoms with E-state index in [1.807, 2.05) is 0 Å². The third-order valence-electron chi connectivity index (χ3n) is 5.97. The summed E-state index contributed by atoms with van der Waals surface area (Å²) in [7, 11) is -4.07. The number of aliphatic carboxylic acids is 1. The van der Waals surface area contributed by atoms with Crippen LogP contribution in [-0.4, -0.2) is 32.1 Å². The fraction of sp³-hybridized carbons (Fsp3) is 0.222. The molecule has 0 saturated carbocycles. The average Bonchev–Trinajstić information content (AvgIpc) is 2.85. The Labute approximate surface area is 223 Å². The molecule has 11 heteroatoms. The molecule has 0 saturated heterocycles. The fourth-order valence-corrected chi connectivity index (χ4v) is 5.97. The number of rotatable bonds is 7. The van der Waals surface area contributed by atoms with Crippen LogP contribution in [0.15, 0.2) is 65.6 Å². The van der Waals surface area contributed by atoms with Crippen molar-refractivity contribution >= 4 is 45.4 Å². The van der Waals surface area contributed by atoms with Crippen LogP contribution in [0.4, 0.5) is 18.9 Å². The standard InChI is InChI=1S/C27H23ClF3NO5S/c1-17-4-2-5-20(14-17)38(35,36)32-16-19(10-13-26(33)34)37-25-12-9-18(15-24(25)32)8-11-21-22(27(29,30)31)6-3-7-23(21)28/h2-9,11-12,14-15,19H,10,13,16H2,1H3,(H,33,34)/b11-8+/t19-/m0/s1. The number of ether oxygens (including phenoxy) is 1. The zero-order chi connectivity index (χ0) is 27.7. The molecular formula is C27H23ClF3NO5S. The smallest absolute Gasteiger partial charge is 0.417 e. The molecule has 6 nitrogen and oxygen atoms in total. The third-order valence-corrected chi connectivity index (χ3v) is 8.08. The van der Waals surface area contributed by atoms with Gasteiger partial charge in [0, 0.05) is 17.0 Å². The van der Waals surface area contributed by atoms with Gasteiger partial charge in [0.2, 0.25) is 0 Å². The summed E-state index contributed by atoms with van der Waals surface area (Å²) in [5, 5.41) is 9.00. The van der Waals surface area contributed by atoms with Crippen molar-refractivity contribution in [2.45, 2.75) is 36.9 Å². The molecule has 4 rings (SSSR count). The lowest BCUT2D eigenvalue weighted by Crippen LogP contribution is -2.43. The summed E-state index contributed by atoms with van der Waals surface area (Å²) in [5.74, 6) is -0.820. The number of hydrogen-bond donors (Lipinski definition) is 1. The van der Waals surface area contributed by atoms with Crippen LogP contribution in [0.2, 0.25) is 5.02 Å². The number of sulfonamides is 1. The molecule has 0 aliphatic carbocycles. The Morgan fingerprint density at radius 1 is 1.13 bits per heavy atom. The summed E-state index contributed by atoms with van der Waals surface area (Å²) in [6.45, 7) is 1.63. The minimum atomic E-state index is -4.61. The first-order valence-corrected chi connectivity index (χ1v) is 13.3. The monoisotopic (exact) mass is 565 g/mol. The Bertz CT molecular complexity index is 1500. The van der Waals surface area contributed by atoms with Gasteiger partial charge in [-0.15, -0.1) is 0 Å². The number of carbonyl (C=O) groups is 1. The minimum Gasteiger partial charge on any atom is -0.486 e. The molecule has 3 aromatic rings. The first-order chi connectivity index (χ1) is 17.9. The van der Waals surface area contributed by atoms with Gasteiger partial charge >= 0.3 is 12.1 Å². The lowest BCUT2D eigenvalue weighted by atomic mass is 10.0. The van der Waals surface area contributed by atoms with Crippen LogP contribution in [-0.2, 0) is 21.0 Å².